The number of hydrogen-bond acceptors (Lipinski definition) is 3. The van der Waals surface area contributed by atoms with Crippen LogP contribution in [-0.4, -0.2) is 17.5 Å². The quantitative estimate of drug-likeness (QED) is 0.801. The Kier molecular flexibility index (Phi) is 5.60. The maximum Gasteiger partial charge on any atom is 0.235 e. The second kappa shape index (κ2) is 7.90. The molecule has 138 valence electrons. The van der Waals surface area contributed by atoms with E-state index >= 15 is 0 Å². The van der Waals surface area contributed by atoms with Gasteiger partial charge in [-0.25, -0.2) is 4.98 Å². The van der Waals surface area contributed by atoms with Gasteiger partial charge in [0.2, 0.25) is 11.8 Å². The van der Waals surface area contributed by atoms with Crippen LogP contribution >= 0.6 is 0 Å². The van der Waals surface area contributed by atoms with Crippen molar-refractivity contribution in [3.63, 3.8) is 0 Å². The fourth-order valence-corrected chi connectivity index (χ4v) is 3.80. The highest BCUT2D eigenvalue weighted by atomic mass is 16.5. The van der Waals surface area contributed by atoms with E-state index in [9.17, 15) is 4.79 Å². The van der Waals surface area contributed by atoms with Crippen molar-refractivity contribution in [3.8, 4) is 5.88 Å². The molecule has 0 saturated heterocycles. The molecule has 1 fully saturated rings. The summed E-state index contributed by atoms with van der Waals surface area (Å²) in [6.45, 7) is 6.75. The van der Waals surface area contributed by atoms with Crippen LogP contribution in [0.5, 0.6) is 5.88 Å². The summed E-state index contributed by atoms with van der Waals surface area (Å²) in [6.07, 6.45) is 6.59. The number of aromatic nitrogens is 1. The average Bonchev–Trinajstić information content (AvgIpc) is 3.12. The van der Waals surface area contributed by atoms with Gasteiger partial charge in [0.15, 0.2) is 0 Å². The predicted molar refractivity (Wildman–Crippen MR) is 105 cm³/mol. The van der Waals surface area contributed by atoms with Crippen LogP contribution in [0.2, 0.25) is 0 Å². The molecule has 4 heteroatoms. The molecule has 0 radical (unpaired) electrons. The van der Waals surface area contributed by atoms with E-state index in [1.807, 2.05) is 19.1 Å². The molecule has 1 aromatic heterocycles. The third-order valence-corrected chi connectivity index (χ3v) is 5.19. The second-order valence-electron chi connectivity index (χ2n) is 7.31. The lowest BCUT2D eigenvalue weighted by Gasteiger charge is -2.28. The SMILES string of the molecule is CCCOc1ncc(NC(=O)C2(c3cccc(C)c3)CCCC2)cc1C. The number of carbonyl (C=O) groups is 1. The third-order valence-electron chi connectivity index (χ3n) is 5.19. The van der Waals surface area contributed by atoms with Crippen LogP contribution in [-0.2, 0) is 10.2 Å². The predicted octanol–water partition coefficient (Wildman–Crippen LogP) is 4.94. The summed E-state index contributed by atoms with van der Waals surface area (Å²) in [5.74, 6) is 0.711. The van der Waals surface area contributed by atoms with Gasteiger partial charge in [-0.2, -0.15) is 0 Å². The van der Waals surface area contributed by atoms with Crippen LogP contribution in [0, 0.1) is 13.8 Å². The van der Waals surface area contributed by atoms with Crippen molar-refractivity contribution >= 4 is 11.6 Å². The molecule has 0 spiro atoms. The summed E-state index contributed by atoms with van der Waals surface area (Å²) in [6, 6.07) is 10.3. The van der Waals surface area contributed by atoms with Gasteiger partial charge in [0.1, 0.15) is 0 Å². The molecule has 1 N–H and O–H groups in total. The van der Waals surface area contributed by atoms with Crippen LogP contribution in [0.4, 0.5) is 5.69 Å². The Morgan fingerprint density at radius 2 is 2.00 bits per heavy atom. The number of amides is 1. The lowest BCUT2D eigenvalue weighted by atomic mass is 9.77. The summed E-state index contributed by atoms with van der Waals surface area (Å²) >= 11 is 0. The second-order valence-corrected chi connectivity index (χ2v) is 7.31. The molecule has 1 aliphatic rings. The minimum Gasteiger partial charge on any atom is -0.477 e. The van der Waals surface area contributed by atoms with E-state index in [0.717, 1.165) is 48.9 Å². The largest absolute Gasteiger partial charge is 0.477 e. The summed E-state index contributed by atoms with van der Waals surface area (Å²) < 4.78 is 5.62. The molecular formula is C22H28N2O2. The van der Waals surface area contributed by atoms with Crippen molar-refractivity contribution < 1.29 is 9.53 Å². The highest BCUT2D eigenvalue weighted by molar-refractivity contribution is 5.99. The molecular weight excluding hydrogens is 324 g/mol. The van der Waals surface area contributed by atoms with Crippen molar-refractivity contribution in [2.75, 3.05) is 11.9 Å². The van der Waals surface area contributed by atoms with Crippen molar-refractivity contribution in [2.45, 2.75) is 58.3 Å². The number of carbonyl (C=O) groups excluding carboxylic acids is 1. The van der Waals surface area contributed by atoms with Gasteiger partial charge in [0.05, 0.1) is 23.9 Å². The molecule has 1 heterocycles. The first-order valence-corrected chi connectivity index (χ1v) is 9.53. The van der Waals surface area contributed by atoms with Crippen LogP contribution in [0.25, 0.3) is 0 Å². The minimum atomic E-state index is -0.433. The smallest absolute Gasteiger partial charge is 0.235 e. The standard InChI is InChI=1S/C22H28N2O2/c1-4-12-26-20-17(3)14-19(15-23-20)24-21(25)22(10-5-6-11-22)18-9-7-8-16(2)13-18/h7-9,13-15H,4-6,10-12H2,1-3H3,(H,24,25). The van der Waals surface area contributed by atoms with E-state index in [2.05, 4.69) is 42.3 Å². The number of nitrogens with zero attached hydrogens (tertiary/aromatic N) is 1. The first-order chi connectivity index (χ1) is 12.5. The number of hydrogen-bond donors (Lipinski definition) is 1. The van der Waals surface area contributed by atoms with Crippen molar-refractivity contribution in [1.29, 1.82) is 0 Å². The maximum atomic E-state index is 13.2. The van der Waals surface area contributed by atoms with Gasteiger partial charge in [0.25, 0.3) is 0 Å². The number of pyridine rings is 1. The topological polar surface area (TPSA) is 51.2 Å². The lowest BCUT2D eigenvalue weighted by molar-refractivity contribution is -0.121. The molecule has 3 rings (SSSR count). The molecule has 4 nitrogen and oxygen atoms in total. The maximum absolute atomic E-state index is 13.2. The van der Waals surface area contributed by atoms with Crippen LogP contribution in [0.1, 0.15) is 55.7 Å². The Balaban J connectivity index is 1.82. The number of anilines is 1. The highest BCUT2D eigenvalue weighted by Crippen LogP contribution is 2.42. The molecule has 26 heavy (non-hydrogen) atoms. The Labute approximate surface area is 156 Å². The fraction of sp³-hybridized carbons (Fsp3) is 0.455. The number of aryl methyl sites for hydroxylation is 2. The van der Waals surface area contributed by atoms with Crippen LogP contribution in [0.3, 0.4) is 0 Å². The zero-order valence-electron chi connectivity index (χ0n) is 16.0. The molecule has 2 aromatic rings. The van der Waals surface area contributed by atoms with Crippen LogP contribution in [0.15, 0.2) is 36.5 Å². The molecule has 1 aromatic carbocycles. The van der Waals surface area contributed by atoms with E-state index in [0.29, 0.717) is 12.5 Å². The summed E-state index contributed by atoms with van der Waals surface area (Å²) in [5.41, 5.74) is 3.55. The van der Waals surface area contributed by atoms with Gasteiger partial charge >= 0.3 is 0 Å². The summed E-state index contributed by atoms with van der Waals surface area (Å²) in [4.78, 5) is 17.6. The average molecular weight is 352 g/mol. The van der Waals surface area contributed by atoms with Gasteiger partial charge in [0, 0.05) is 5.56 Å². The molecule has 0 atom stereocenters. The minimum absolute atomic E-state index is 0.0732. The normalized spacial score (nSPS) is 15.7. The molecule has 0 aliphatic heterocycles. The third kappa shape index (κ3) is 3.74. The summed E-state index contributed by atoms with van der Waals surface area (Å²) in [7, 11) is 0. The Bertz CT molecular complexity index is 779. The molecule has 1 saturated carbocycles. The van der Waals surface area contributed by atoms with E-state index in [4.69, 9.17) is 4.74 Å². The van der Waals surface area contributed by atoms with Crippen molar-refractivity contribution in [3.05, 3.63) is 53.2 Å². The zero-order valence-corrected chi connectivity index (χ0v) is 16.0. The van der Waals surface area contributed by atoms with E-state index < -0.39 is 5.41 Å². The van der Waals surface area contributed by atoms with Gasteiger partial charge in [-0.1, -0.05) is 49.6 Å². The van der Waals surface area contributed by atoms with E-state index in [1.165, 1.54) is 5.56 Å². The van der Waals surface area contributed by atoms with Crippen molar-refractivity contribution in [2.24, 2.45) is 0 Å². The highest BCUT2D eigenvalue weighted by Gasteiger charge is 2.42. The zero-order chi connectivity index (χ0) is 18.6. The number of nitrogens with one attached hydrogen (secondary N) is 1. The summed E-state index contributed by atoms with van der Waals surface area (Å²) in [5, 5.41) is 3.11. The van der Waals surface area contributed by atoms with E-state index in [-0.39, 0.29) is 5.91 Å². The number of rotatable bonds is 6. The van der Waals surface area contributed by atoms with Gasteiger partial charge in [-0.15, -0.1) is 0 Å². The first kappa shape index (κ1) is 18.4. The van der Waals surface area contributed by atoms with Crippen molar-refractivity contribution in [1.82, 2.24) is 4.98 Å². The van der Waals surface area contributed by atoms with Crippen LogP contribution < -0.4 is 10.1 Å². The Morgan fingerprint density at radius 3 is 2.65 bits per heavy atom. The molecule has 1 amide bonds. The van der Waals surface area contributed by atoms with Gasteiger partial charge in [-0.3, -0.25) is 4.79 Å². The first-order valence-electron chi connectivity index (χ1n) is 9.53. The van der Waals surface area contributed by atoms with Gasteiger partial charge < -0.3 is 10.1 Å². The molecule has 0 unspecified atom stereocenters. The fourth-order valence-electron chi connectivity index (χ4n) is 3.80. The van der Waals surface area contributed by atoms with Gasteiger partial charge in [-0.05, 0) is 44.7 Å². The monoisotopic (exact) mass is 352 g/mol. The molecule has 1 aliphatic carbocycles. The Hall–Kier alpha value is -2.36. The number of ether oxygens (including phenoxy) is 1. The van der Waals surface area contributed by atoms with E-state index in [1.54, 1.807) is 6.20 Å². The number of benzene rings is 1. The lowest BCUT2D eigenvalue weighted by Crippen LogP contribution is -2.38. The molecule has 0 bridgehead atoms. The Morgan fingerprint density at radius 1 is 1.23 bits per heavy atom.